The number of hydroxylamine groups is 1. The second-order valence-electron chi connectivity index (χ2n) is 2.37. The van der Waals surface area contributed by atoms with Gasteiger partial charge in [0.25, 0.3) is 5.69 Å². The lowest BCUT2D eigenvalue weighted by molar-refractivity contribution is -0.384. The maximum absolute atomic E-state index is 10.6. The Morgan fingerprint density at radius 3 is 2.79 bits per heavy atom. The molecular formula is C7H7N3O4. The third kappa shape index (κ3) is 2.42. The van der Waals surface area contributed by atoms with Gasteiger partial charge in [-0.2, -0.15) is 0 Å². The summed E-state index contributed by atoms with van der Waals surface area (Å²) in [7, 11) is 0. The van der Waals surface area contributed by atoms with Gasteiger partial charge in [0, 0.05) is 17.8 Å². The smallest absolute Gasteiger partial charge is 0.306 e. The molecule has 0 fully saturated rings. The predicted octanol–water partition coefficient (Wildman–Crippen LogP) is 1.11. The van der Waals surface area contributed by atoms with Crippen molar-refractivity contribution in [2.75, 3.05) is 5.32 Å². The number of nitro benzene ring substituents is 1. The number of benzene rings is 1. The number of non-ortho nitro benzene ring substituents is 1. The van der Waals surface area contributed by atoms with E-state index in [0.717, 1.165) is 0 Å². The molecule has 0 saturated carbocycles. The quantitative estimate of drug-likeness (QED) is 0.375. The highest BCUT2D eigenvalue weighted by molar-refractivity contribution is 5.88. The number of nitro groups is 1. The van der Waals surface area contributed by atoms with Crippen LogP contribution in [0, 0.1) is 10.1 Å². The third-order valence-electron chi connectivity index (χ3n) is 1.42. The number of nitrogens with one attached hydrogen (secondary N) is 2. The van der Waals surface area contributed by atoms with Crippen LogP contribution in [-0.4, -0.2) is 16.2 Å². The number of carbonyl (C=O) groups excluding carboxylic acids is 1. The van der Waals surface area contributed by atoms with Crippen LogP contribution in [0.2, 0.25) is 0 Å². The van der Waals surface area contributed by atoms with Gasteiger partial charge in [0.15, 0.2) is 0 Å². The predicted molar refractivity (Wildman–Crippen MR) is 47.0 cm³/mol. The maximum Gasteiger partial charge on any atom is 0.342 e. The number of carbonyl (C=O) groups is 1. The second-order valence-corrected chi connectivity index (χ2v) is 2.37. The molecular weight excluding hydrogens is 190 g/mol. The van der Waals surface area contributed by atoms with Crippen molar-refractivity contribution in [1.29, 1.82) is 0 Å². The highest BCUT2D eigenvalue weighted by Crippen LogP contribution is 2.16. The molecule has 2 amide bonds. The molecule has 74 valence electrons. The summed E-state index contributed by atoms with van der Waals surface area (Å²) in [6, 6.07) is 4.50. The fraction of sp³-hybridized carbons (Fsp3) is 0. The molecule has 0 spiro atoms. The zero-order valence-corrected chi connectivity index (χ0v) is 6.93. The standard InChI is InChI=1S/C7H7N3O4/c11-7(9-12)8-5-2-1-3-6(4-5)10(13)14/h1-4,12H,(H2,8,9,11). The zero-order chi connectivity index (χ0) is 10.6. The molecule has 0 atom stereocenters. The molecule has 3 N–H and O–H groups in total. The van der Waals surface area contributed by atoms with E-state index in [-0.39, 0.29) is 11.4 Å². The van der Waals surface area contributed by atoms with E-state index in [9.17, 15) is 14.9 Å². The summed E-state index contributed by atoms with van der Waals surface area (Å²) < 4.78 is 0. The van der Waals surface area contributed by atoms with Crippen LogP contribution in [0.3, 0.4) is 0 Å². The monoisotopic (exact) mass is 197 g/mol. The fourth-order valence-corrected chi connectivity index (χ4v) is 0.856. The van der Waals surface area contributed by atoms with E-state index in [0.29, 0.717) is 0 Å². The molecule has 0 saturated heterocycles. The lowest BCUT2D eigenvalue weighted by atomic mass is 10.3. The number of hydrogen-bond donors (Lipinski definition) is 3. The van der Waals surface area contributed by atoms with Crippen LogP contribution in [0.5, 0.6) is 0 Å². The minimum Gasteiger partial charge on any atom is -0.306 e. The Morgan fingerprint density at radius 1 is 1.50 bits per heavy atom. The molecule has 1 rings (SSSR count). The normalized spacial score (nSPS) is 9.21. The fourth-order valence-electron chi connectivity index (χ4n) is 0.856. The summed E-state index contributed by atoms with van der Waals surface area (Å²) >= 11 is 0. The molecule has 7 nitrogen and oxygen atoms in total. The van der Waals surface area contributed by atoms with E-state index in [1.807, 2.05) is 0 Å². The summed E-state index contributed by atoms with van der Waals surface area (Å²) in [5.74, 6) is 0. The van der Waals surface area contributed by atoms with E-state index in [1.165, 1.54) is 29.7 Å². The SMILES string of the molecule is O=C(NO)Nc1cccc([N+](=O)[O-])c1. The molecule has 0 aliphatic carbocycles. The van der Waals surface area contributed by atoms with Gasteiger partial charge in [-0.1, -0.05) is 6.07 Å². The Hall–Kier alpha value is -2.15. The maximum atomic E-state index is 10.6. The van der Waals surface area contributed by atoms with Gasteiger partial charge in [0.2, 0.25) is 0 Å². The largest absolute Gasteiger partial charge is 0.342 e. The average molecular weight is 197 g/mol. The van der Waals surface area contributed by atoms with Crippen LogP contribution >= 0.6 is 0 Å². The number of rotatable bonds is 2. The van der Waals surface area contributed by atoms with E-state index >= 15 is 0 Å². The molecule has 0 bridgehead atoms. The first-order valence-corrected chi connectivity index (χ1v) is 3.59. The molecule has 0 aliphatic heterocycles. The first kappa shape index (κ1) is 9.93. The zero-order valence-electron chi connectivity index (χ0n) is 6.93. The Labute approximate surface area is 78.5 Å². The minimum atomic E-state index is -0.856. The molecule has 7 heteroatoms. The lowest BCUT2D eigenvalue weighted by Gasteiger charge is -2.02. The van der Waals surface area contributed by atoms with Crippen LogP contribution < -0.4 is 10.8 Å². The summed E-state index contributed by atoms with van der Waals surface area (Å²) in [5, 5.41) is 20.7. The molecule has 14 heavy (non-hydrogen) atoms. The molecule has 0 unspecified atom stereocenters. The van der Waals surface area contributed by atoms with Gasteiger partial charge in [0.05, 0.1) is 4.92 Å². The summed E-state index contributed by atoms with van der Waals surface area (Å²) in [5.41, 5.74) is 1.43. The number of urea groups is 1. The van der Waals surface area contributed by atoms with Crippen LogP contribution in [0.25, 0.3) is 0 Å². The first-order chi connectivity index (χ1) is 6.63. The Balaban J connectivity index is 2.83. The summed E-state index contributed by atoms with van der Waals surface area (Å²) in [6.07, 6.45) is 0. The summed E-state index contributed by atoms with van der Waals surface area (Å²) in [4.78, 5) is 20.4. The Morgan fingerprint density at radius 2 is 2.21 bits per heavy atom. The van der Waals surface area contributed by atoms with Crippen molar-refractivity contribution < 1.29 is 14.9 Å². The van der Waals surface area contributed by atoms with Crippen molar-refractivity contribution in [1.82, 2.24) is 5.48 Å². The highest BCUT2D eigenvalue weighted by atomic mass is 16.6. The number of hydrogen-bond acceptors (Lipinski definition) is 4. The Bertz CT molecular complexity index is 366. The van der Waals surface area contributed by atoms with Gasteiger partial charge in [-0.25, -0.2) is 10.3 Å². The van der Waals surface area contributed by atoms with Gasteiger partial charge in [-0.05, 0) is 6.07 Å². The van der Waals surface area contributed by atoms with E-state index in [1.54, 1.807) is 0 Å². The number of nitrogens with zero attached hydrogens (tertiary/aromatic N) is 1. The van der Waals surface area contributed by atoms with Crippen LogP contribution in [0.4, 0.5) is 16.2 Å². The Kier molecular flexibility index (Phi) is 2.97. The van der Waals surface area contributed by atoms with Gasteiger partial charge < -0.3 is 5.32 Å². The summed E-state index contributed by atoms with van der Waals surface area (Å²) in [6.45, 7) is 0. The van der Waals surface area contributed by atoms with E-state index < -0.39 is 11.0 Å². The van der Waals surface area contributed by atoms with Crippen LogP contribution in [-0.2, 0) is 0 Å². The first-order valence-electron chi connectivity index (χ1n) is 3.59. The average Bonchev–Trinajstić information content (AvgIpc) is 2.18. The molecule has 0 aromatic heterocycles. The third-order valence-corrected chi connectivity index (χ3v) is 1.42. The molecule has 1 aromatic carbocycles. The second kappa shape index (κ2) is 4.19. The van der Waals surface area contributed by atoms with Gasteiger partial charge in [0.1, 0.15) is 0 Å². The van der Waals surface area contributed by atoms with Crippen molar-refractivity contribution in [3.8, 4) is 0 Å². The molecule has 0 aliphatic rings. The minimum absolute atomic E-state index is 0.138. The lowest BCUT2D eigenvalue weighted by Crippen LogP contribution is -2.25. The van der Waals surface area contributed by atoms with Crippen LogP contribution in [0.1, 0.15) is 0 Å². The van der Waals surface area contributed by atoms with Crippen molar-refractivity contribution in [2.24, 2.45) is 0 Å². The number of amides is 2. The van der Waals surface area contributed by atoms with Crippen molar-refractivity contribution in [2.45, 2.75) is 0 Å². The molecule has 0 radical (unpaired) electrons. The van der Waals surface area contributed by atoms with E-state index in [4.69, 9.17) is 5.21 Å². The van der Waals surface area contributed by atoms with Gasteiger partial charge in [-0.3, -0.25) is 15.3 Å². The van der Waals surface area contributed by atoms with Crippen molar-refractivity contribution >= 4 is 17.4 Å². The number of anilines is 1. The van der Waals surface area contributed by atoms with Crippen molar-refractivity contribution in [3.05, 3.63) is 34.4 Å². The molecule has 1 aromatic rings. The van der Waals surface area contributed by atoms with Crippen molar-refractivity contribution in [3.63, 3.8) is 0 Å². The van der Waals surface area contributed by atoms with Gasteiger partial charge in [-0.15, -0.1) is 0 Å². The van der Waals surface area contributed by atoms with Gasteiger partial charge >= 0.3 is 6.03 Å². The highest BCUT2D eigenvalue weighted by Gasteiger charge is 2.06. The molecule has 0 heterocycles. The topological polar surface area (TPSA) is 104 Å². The van der Waals surface area contributed by atoms with Crippen LogP contribution in [0.15, 0.2) is 24.3 Å². The van der Waals surface area contributed by atoms with E-state index in [2.05, 4.69) is 5.32 Å².